The van der Waals surface area contributed by atoms with Crippen LogP contribution in [-0.4, -0.2) is 29.6 Å². The van der Waals surface area contributed by atoms with Crippen LogP contribution in [0.15, 0.2) is 18.2 Å². The minimum Gasteiger partial charge on any atom is -0.481 e. The molecule has 136 valence electrons. The average Bonchev–Trinajstić information content (AvgIpc) is 2.94. The van der Waals surface area contributed by atoms with E-state index in [0.29, 0.717) is 33.4 Å². The molecule has 2 N–H and O–H groups in total. The summed E-state index contributed by atoms with van der Waals surface area (Å²) in [5.41, 5.74) is -0.336. The van der Waals surface area contributed by atoms with E-state index >= 15 is 0 Å². The van der Waals surface area contributed by atoms with Crippen LogP contribution in [0.2, 0.25) is 0 Å². The first kappa shape index (κ1) is 19.3. The molecule has 0 aliphatic heterocycles. The summed E-state index contributed by atoms with van der Waals surface area (Å²) in [5.74, 6) is -1.76. The third-order valence-electron chi connectivity index (χ3n) is 4.48. The van der Waals surface area contributed by atoms with Crippen LogP contribution in [0.3, 0.4) is 0 Å². The fourth-order valence-corrected chi connectivity index (χ4v) is 4.06. The molecule has 0 atom stereocenters. The standard InChI is InChI=1S/C18H22FNO4S/c1-4-18(5-2,9-14(21)22)20-17(23)16-11(10-24-3)15-12(19)7-6-8-13(15)25-16/h6-8H,4-5,9-10H2,1-3H3,(H,20,23)(H,21,22). The molecule has 0 bridgehead atoms. The van der Waals surface area contributed by atoms with Gasteiger partial charge in [-0.3, -0.25) is 9.59 Å². The number of hydrogen-bond donors (Lipinski definition) is 2. The van der Waals surface area contributed by atoms with Crippen LogP contribution in [0, 0.1) is 5.82 Å². The van der Waals surface area contributed by atoms with E-state index in [1.165, 1.54) is 24.5 Å². The molecule has 5 nitrogen and oxygen atoms in total. The largest absolute Gasteiger partial charge is 0.481 e. The minimum atomic E-state index is -0.969. The molecular weight excluding hydrogens is 345 g/mol. The number of carbonyl (C=O) groups is 2. The van der Waals surface area contributed by atoms with Crippen molar-refractivity contribution in [2.75, 3.05) is 7.11 Å². The van der Waals surface area contributed by atoms with Crippen LogP contribution in [0.25, 0.3) is 10.1 Å². The molecule has 0 aliphatic carbocycles. The number of carbonyl (C=O) groups excluding carboxylic acids is 1. The van der Waals surface area contributed by atoms with Crippen molar-refractivity contribution in [3.63, 3.8) is 0 Å². The first-order valence-electron chi connectivity index (χ1n) is 8.10. The van der Waals surface area contributed by atoms with Crippen LogP contribution >= 0.6 is 11.3 Å². The molecule has 0 saturated heterocycles. The third kappa shape index (κ3) is 3.99. The molecule has 25 heavy (non-hydrogen) atoms. The Balaban J connectivity index is 2.46. The number of thiophene rings is 1. The summed E-state index contributed by atoms with van der Waals surface area (Å²) in [6, 6.07) is 4.70. The zero-order valence-electron chi connectivity index (χ0n) is 14.5. The van der Waals surface area contributed by atoms with Crippen molar-refractivity contribution in [2.24, 2.45) is 0 Å². The number of aliphatic carboxylic acids is 1. The van der Waals surface area contributed by atoms with Gasteiger partial charge in [0.1, 0.15) is 5.82 Å². The van der Waals surface area contributed by atoms with E-state index in [0.717, 1.165) is 0 Å². The smallest absolute Gasteiger partial charge is 0.305 e. The Bertz CT molecular complexity index is 783. The molecule has 0 unspecified atom stereocenters. The second kappa shape index (κ2) is 7.93. The van der Waals surface area contributed by atoms with E-state index in [-0.39, 0.29) is 13.0 Å². The molecule has 0 saturated carbocycles. The van der Waals surface area contributed by atoms with Gasteiger partial charge in [0.25, 0.3) is 5.91 Å². The predicted molar refractivity (Wildman–Crippen MR) is 95.5 cm³/mol. The van der Waals surface area contributed by atoms with Crippen molar-refractivity contribution in [3.05, 3.63) is 34.5 Å². The zero-order chi connectivity index (χ0) is 18.6. The molecule has 0 spiro atoms. The number of carboxylic acid groups (broad SMARTS) is 1. The summed E-state index contributed by atoms with van der Waals surface area (Å²) < 4.78 is 20.0. The maximum atomic E-state index is 14.2. The monoisotopic (exact) mass is 367 g/mol. The molecule has 0 radical (unpaired) electrons. The average molecular weight is 367 g/mol. The van der Waals surface area contributed by atoms with Gasteiger partial charge in [0.05, 0.1) is 23.4 Å². The summed E-state index contributed by atoms with van der Waals surface area (Å²) in [7, 11) is 1.48. The van der Waals surface area contributed by atoms with Gasteiger partial charge in [-0.15, -0.1) is 11.3 Å². The predicted octanol–water partition coefficient (Wildman–Crippen LogP) is 3.95. The maximum Gasteiger partial charge on any atom is 0.305 e. The van der Waals surface area contributed by atoms with E-state index in [1.807, 2.05) is 13.8 Å². The van der Waals surface area contributed by atoms with E-state index in [4.69, 9.17) is 9.84 Å². The second-order valence-corrected chi connectivity index (χ2v) is 7.02. The zero-order valence-corrected chi connectivity index (χ0v) is 15.3. The number of methoxy groups -OCH3 is 1. The Kier molecular flexibility index (Phi) is 6.13. The first-order valence-corrected chi connectivity index (χ1v) is 8.92. The van der Waals surface area contributed by atoms with Crippen molar-refractivity contribution >= 4 is 33.3 Å². The number of amides is 1. The molecule has 1 aromatic heterocycles. The molecule has 7 heteroatoms. The summed E-state index contributed by atoms with van der Waals surface area (Å²) in [4.78, 5) is 24.4. The highest BCUT2D eigenvalue weighted by Crippen LogP contribution is 2.34. The Labute approximate surface area is 149 Å². The lowest BCUT2D eigenvalue weighted by molar-refractivity contribution is -0.138. The van der Waals surface area contributed by atoms with Crippen LogP contribution in [-0.2, 0) is 16.1 Å². The number of nitrogens with one attached hydrogen (secondary N) is 1. The Morgan fingerprint density at radius 2 is 2.00 bits per heavy atom. The Hall–Kier alpha value is -1.99. The van der Waals surface area contributed by atoms with Gasteiger partial charge in [0, 0.05) is 22.8 Å². The molecular formula is C18H22FNO4S. The van der Waals surface area contributed by atoms with E-state index in [2.05, 4.69) is 5.32 Å². The number of hydrogen-bond acceptors (Lipinski definition) is 4. The molecule has 1 aromatic carbocycles. The normalized spacial score (nSPS) is 11.7. The van der Waals surface area contributed by atoms with Crippen molar-refractivity contribution in [1.82, 2.24) is 5.32 Å². The lowest BCUT2D eigenvalue weighted by atomic mass is 9.88. The van der Waals surface area contributed by atoms with Crippen LogP contribution in [0.1, 0.15) is 48.3 Å². The number of fused-ring (bicyclic) bond motifs is 1. The van der Waals surface area contributed by atoms with E-state index in [1.54, 1.807) is 12.1 Å². The topological polar surface area (TPSA) is 75.6 Å². The fourth-order valence-electron chi connectivity index (χ4n) is 2.94. The molecule has 2 aromatic rings. The lowest BCUT2D eigenvalue weighted by Gasteiger charge is -2.31. The molecule has 0 aliphatic rings. The fraction of sp³-hybridized carbons (Fsp3) is 0.444. The maximum absolute atomic E-state index is 14.2. The molecule has 0 fully saturated rings. The minimum absolute atomic E-state index is 0.105. The number of benzene rings is 1. The summed E-state index contributed by atoms with van der Waals surface area (Å²) in [6.45, 7) is 3.79. The highest BCUT2D eigenvalue weighted by Gasteiger charge is 2.33. The van der Waals surface area contributed by atoms with Gasteiger partial charge in [0.15, 0.2) is 0 Å². The van der Waals surface area contributed by atoms with Gasteiger partial charge < -0.3 is 15.2 Å². The first-order chi connectivity index (χ1) is 11.9. The Morgan fingerprint density at radius 3 is 2.56 bits per heavy atom. The van der Waals surface area contributed by atoms with Gasteiger partial charge in [-0.2, -0.15) is 0 Å². The van der Waals surface area contributed by atoms with Gasteiger partial charge in [-0.05, 0) is 25.0 Å². The van der Waals surface area contributed by atoms with E-state index < -0.39 is 23.2 Å². The SMILES string of the molecule is CCC(CC)(CC(=O)O)NC(=O)c1sc2cccc(F)c2c1COC. The second-order valence-electron chi connectivity index (χ2n) is 5.97. The molecule has 1 amide bonds. The van der Waals surface area contributed by atoms with Gasteiger partial charge >= 0.3 is 5.97 Å². The lowest BCUT2D eigenvalue weighted by Crippen LogP contribution is -2.49. The van der Waals surface area contributed by atoms with Crippen molar-refractivity contribution in [1.29, 1.82) is 0 Å². The highest BCUT2D eigenvalue weighted by atomic mass is 32.1. The van der Waals surface area contributed by atoms with Crippen LogP contribution in [0.5, 0.6) is 0 Å². The van der Waals surface area contributed by atoms with Crippen molar-refractivity contribution in [3.8, 4) is 0 Å². The van der Waals surface area contributed by atoms with Crippen LogP contribution in [0.4, 0.5) is 4.39 Å². The third-order valence-corrected chi connectivity index (χ3v) is 5.68. The van der Waals surface area contributed by atoms with Gasteiger partial charge in [0.2, 0.25) is 0 Å². The molecule has 2 rings (SSSR count). The van der Waals surface area contributed by atoms with Crippen molar-refractivity contribution < 1.29 is 23.8 Å². The number of rotatable bonds is 8. The number of carboxylic acids is 1. The number of ether oxygens (including phenoxy) is 1. The summed E-state index contributed by atoms with van der Waals surface area (Å²) >= 11 is 1.19. The van der Waals surface area contributed by atoms with Crippen LogP contribution < -0.4 is 5.32 Å². The highest BCUT2D eigenvalue weighted by molar-refractivity contribution is 7.21. The summed E-state index contributed by atoms with van der Waals surface area (Å²) in [5, 5.41) is 12.4. The molecule has 1 heterocycles. The summed E-state index contributed by atoms with van der Waals surface area (Å²) in [6.07, 6.45) is 0.811. The quantitative estimate of drug-likeness (QED) is 0.741. The van der Waals surface area contributed by atoms with Gasteiger partial charge in [-0.25, -0.2) is 4.39 Å². The van der Waals surface area contributed by atoms with E-state index in [9.17, 15) is 14.0 Å². The number of halogens is 1. The Morgan fingerprint density at radius 1 is 1.32 bits per heavy atom. The van der Waals surface area contributed by atoms with Crippen molar-refractivity contribution in [2.45, 2.75) is 45.3 Å². The van der Waals surface area contributed by atoms with Gasteiger partial charge in [-0.1, -0.05) is 19.9 Å².